The summed E-state index contributed by atoms with van der Waals surface area (Å²) in [6, 6.07) is 18.0. The van der Waals surface area contributed by atoms with Gasteiger partial charge in [-0.2, -0.15) is 0 Å². The molecular formula is C29H27N3O5. The van der Waals surface area contributed by atoms with Gasteiger partial charge in [-0.05, 0) is 38.1 Å². The van der Waals surface area contributed by atoms with E-state index in [0.29, 0.717) is 66.2 Å². The number of esters is 1. The van der Waals surface area contributed by atoms with Crippen molar-refractivity contribution in [3.05, 3.63) is 93.8 Å². The van der Waals surface area contributed by atoms with Gasteiger partial charge in [-0.15, -0.1) is 0 Å². The van der Waals surface area contributed by atoms with Gasteiger partial charge in [0.05, 0.1) is 23.1 Å². The van der Waals surface area contributed by atoms with Crippen molar-refractivity contribution in [3.8, 4) is 11.3 Å². The molecule has 5 rings (SSSR count). The van der Waals surface area contributed by atoms with Gasteiger partial charge in [0.15, 0.2) is 11.0 Å². The van der Waals surface area contributed by atoms with Crippen LogP contribution in [0.3, 0.4) is 0 Å². The van der Waals surface area contributed by atoms with Crippen LogP contribution in [0.4, 0.5) is 5.82 Å². The number of nitrogens with zero attached hydrogens (tertiary/aromatic N) is 3. The number of para-hydroxylation sites is 1. The molecule has 1 aliphatic rings. The fourth-order valence-corrected chi connectivity index (χ4v) is 4.56. The standard InChI is InChI=1S/C29H27N3O5/c1-3-36-29(35)21-12-13-24(30-18-21)31-14-16-32(17-15-31)28(34)23-11-7-10-22-25(33)19(2)26(37-27(22)23)20-8-5-4-6-9-20/h4-13,18H,3,14-17H2,1-2H3. The molecule has 3 heterocycles. The summed E-state index contributed by atoms with van der Waals surface area (Å²) in [6.07, 6.45) is 1.51. The van der Waals surface area contributed by atoms with E-state index in [0.717, 1.165) is 11.4 Å². The Labute approximate surface area is 214 Å². The van der Waals surface area contributed by atoms with E-state index in [4.69, 9.17) is 9.15 Å². The summed E-state index contributed by atoms with van der Waals surface area (Å²) < 4.78 is 11.2. The molecular weight excluding hydrogens is 470 g/mol. The predicted molar refractivity (Wildman–Crippen MR) is 141 cm³/mol. The third-order valence-corrected chi connectivity index (χ3v) is 6.56. The Bertz CT molecular complexity index is 1500. The maximum atomic E-state index is 13.6. The molecule has 0 N–H and O–H groups in total. The molecule has 0 unspecified atom stereocenters. The molecule has 1 aliphatic heterocycles. The van der Waals surface area contributed by atoms with Gasteiger partial charge in [0, 0.05) is 43.5 Å². The number of carbonyl (C=O) groups excluding carboxylic acids is 2. The molecule has 8 heteroatoms. The number of aromatic nitrogens is 1. The van der Waals surface area contributed by atoms with Gasteiger partial charge in [0.25, 0.3) is 5.91 Å². The van der Waals surface area contributed by atoms with Gasteiger partial charge in [-0.25, -0.2) is 9.78 Å². The number of anilines is 1. The summed E-state index contributed by atoms with van der Waals surface area (Å²) in [5.41, 5.74) is 2.24. The monoisotopic (exact) mass is 497 g/mol. The zero-order valence-electron chi connectivity index (χ0n) is 20.8. The zero-order valence-corrected chi connectivity index (χ0v) is 20.8. The van der Waals surface area contributed by atoms with E-state index in [9.17, 15) is 14.4 Å². The van der Waals surface area contributed by atoms with Crippen molar-refractivity contribution in [2.75, 3.05) is 37.7 Å². The highest BCUT2D eigenvalue weighted by atomic mass is 16.5. The third kappa shape index (κ3) is 4.70. The van der Waals surface area contributed by atoms with Crippen molar-refractivity contribution < 1.29 is 18.7 Å². The number of pyridine rings is 1. The Hall–Kier alpha value is -4.46. The van der Waals surface area contributed by atoms with Crippen molar-refractivity contribution in [1.82, 2.24) is 9.88 Å². The molecule has 0 bridgehead atoms. The van der Waals surface area contributed by atoms with Gasteiger partial charge in [0.2, 0.25) is 0 Å². The summed E-state index contributed by atoms with van der Waals surface area (Å²) in [5.74, 6) is 0.631. The number of hydrogen-bond donors (Lipinski definition) is 0. The van der Waals surface area contributed by atoms with Crippen molar-refractivity contribution >= 4 is 28.7 Å². The molecule has 0 spiro atoms. The fraction of sp³-hybridized carbons (Fsp3) is 0.241. The number of rotatable bonds is 5. The first-order valence-corrected chi connectivity index (χ1v) is 12.3. The molecule has 0 radical (unpaired) electrons. The zero-order chi connectivity index (χ0) is 25.9. The number of ether oxygens (including phenoxy) is 1. The summed E-state index contributed by atoms with van der Waals surface area (Å²) >= 11 is 0. The number of amides is 1. The molecule has 4 aromatic rings. The molecule has 1 saturated heterocycles. The molecule has 37 heavy (non-hydrogen) atoms. The van der Waals surface area contributed by atoms with E-state index in [-0.39, 0.29) is 11.3 Å². The molecule has 2 aromatic carbocycles. The summed E-state index contributed by atoms with van der Waals surface area (Å²) in [4.78, 5) is 46.8. The van der Waals surface area contributed by atoms with Crippen molar-refractivity contribution in [1.29, 1.82) is 0 Å². The molecule has 0 atom stereocenters. The maximum Gasteiger partial charge on any atom is 0.339 e. The predicted octanol–water partition coefficient (Wildman–Crippen LogP) is 4.30. The van der Waals surface area contributed by atoms with Gasteiger partial charge in [0.1, 0.15) is 11.6 Å². The Balaban J connectivity index is 1.37. The lowest BCUT2D eigenvalue weighted by molar-refractivity contribution is 0.0525. The lowest BCUT2D eigenvalue weighted by Gasteiger charge is -2.35. The van der Waals surface area contributed by atoms with Crippen LogP contribution in [0.5, 0.6) is 0 Å². The lowest BCUT2D eigenvalue weighted by atomic mass is 10.0. The minimum Gasteiger partial charge on any atom is -0.462 e. The Kier molecular flexibility index (Phi) is 6.72. The number of benzene rings is 2. The van der Waals surface area contributed by atoms with Crippen LogP contribution < -0.4 is 10.3 Å². The fourth-order valence-electron chi connectivity index (χ4n) is 4.56. The number of hydrogen-bond acceptors (Lipinski definition) is 7. The highest BCUT2D eigenvalue weighted by molar-refractivity contribution is 6.05. The summed E-state index contributed by atoms with van der Waals surface area (Å²) in [5, 5.41) is 0.396. The average Bonchev–Trinajstić information content (AvgIpc) is 2.95. The number of piperazine rings is 1. The van der Waals surface area contributed by atoms with Crippen molar-refractivity contribution in [3.63, 3.8) is 0 Å². The minimum absolute atomic E-state index is 0.142. The lowest BCUT2D eigenvalue weighted by Crippen LogP contribution is -2.49. The highest BCUT2D eigenvalue weighted by Gasteiger charge is 2.26. The Morgan fingerprint density at radius 3 is 2.41 bits per heavy atom. The van der Waals surface area contributed by atoms with Gasteiger partial charge in [-0.3, -0.25) is 9.59 Å². The van der Waals surface area contributed by atoms with Gasteiger partial charge < -0.3 is 19.0 Å². The van der Waals surface area contributed by atoms with Crippen molar-refractivity contribution in [2.45, 2.75) is 13.8 Å². The van der Waals surface area contributed by atoms with Crippen LogP contribution >= 0.6 is 0 Å². The smallest absolute Gasteiger partial charge is 0.339 e. The van der Waals surface area contributed by atoms with Crippen LogP contribution in [0, 0.1) is 6.92 Å². The molecule has 1 amide bonds. The van der Waals surface area contributed by atoms with Crippen LogP contribution in [-0.2, 0) is 4.74 Å². The minimum atomic E-state index is -0.399. The topological polar surface area (TPSA) is 93.0 Å². The van der Waals surface area contributed by atoms with Crippen LogP contribution in [0.1, 0.15) is 33.2 Å². The second kappa shape index (κ2) is 10.3. The Morgan fingerprint density at radius 2 is 1.73 bits per heavy atom. The number of carbonyl (C=O) groups is 2. The average molecular weight is 498 g/mol. The first-order chi connectivity index (χ1) is 18.0. The maximum absolute atomic E-state index is 13.6. The largest absolute Gasteiger partial charge is 0.462 e. The molecule has 2 aromatic heterocycles. The van der Waals surface area contributed by atoms with Gasteiger partial charge in [-0.1, -0.05) is 36.4 Å². The summed E-state index contributed by atoms with van der Waals surface area (Å²) in [6.45, 7) is 5.95. The van der Waals surface area contributed by atoms with Crippen molar-refractivity contribution in [2.24, 2.45) is 0 Å². The van der Waals surface area contributed by atoms with E-state index >= 15 is 0 Å². The Morgan fingerprint density at radius 1 is 0.973 bits per heavy atom. The first kappa shape index (κ1) is 24.2. The normalized spacial score (nSPS) is 13.6. The molecule has 8 nitrogen and oxygen atoms in total. The third-order valence-electron chi connectivity index (χ3n) is 6.56. The quantitative estimate of drug-likeness (QED) is 0.380. The van der Waals surface area contributed by atoms with E-state index in [1.165, 1.54) is 6.20 Å². The second-order valence-corrected chi connectivity index (χ2v) is 8.84. The van der Waals surface area contributed by atoms with E-state index in [2.05, 4.69) is 9.88 Å². The molecule has 0 aliphatic carbocycles. The molecule has 1 fully saturated rings. The van der Waals surface area contributed by atoms with Crippen LogP contribution in [0.15, 0.2) is 76.1 Å². The number of fused-ring (bicyclic) bond motifs is 1. The molecule has 188 valence electrons. The van der Waals surface area contributed by atoms with E-state index < -0.39 is 5.97 Å². The van der Waals surface area contributed by atoms with E-state index in [1.54, 1.807) is 49.1 Å². The molecule has 0 saturated carbocycles. The second-order valence-electron chi connectivity index (χ2n) is 8.84. The summed E-state index contributed by atoms with van der Waals surface area (Å²) in [7, 11) is 0. The van der Waals surface area contributed by atoms with E-state index in [1.807, 2.05) is 30.3 Å². The van der Waals surface area contributed by atoms with Crippen LogP contribution in [-0.4, -0.2) is 54.5 Å². The van der Waals surface area contributed by atoms with Gasteiger partial charge >= 0.3 is 5.97 Å². The highest BCUT2D eigenvalue weighted by Crippen LogP contribution is 2.28. The van der Waals surface area contributed by atoms with Crippen LogP contribution in [0.2, 0.25) is 0 Å². The SMILES string of the molecule is CCOC(=O)c1ccc(N2CCN(C(=O)c3cccc4c(=O)c(C)c(-c5ccccc5)oc34)CC2)nc1. The first-order valence-electron chi connectivity index (χ1n) is 12.3. The van der Waals surface area contributed by atoms with Crippen LogP contribution in [0.25, 0.3) is 22.3 Å².